The van der Waals surface area contributed by atoms with Gasteiger partial charge in [0.1, 0.15) is 0 Å². The van der Waals surface area contributed by atoms with E-state index in [2.05, 4.69) is 20.7 Å². The van der Waals surface area contributed by atoms with Crippen LogP contribution in [0, 0.1) is 5.92 Å². The number of nitrogens with one attached hydrogen (secondary N) is 1. The summed E-state index contributed by atoms with van der Waals surface area (Å²) in [7, 11) is 0. The summed E-state index contributed by atoms with van der Waals surface area (Å²) in [5.74, 6) is 1.33. The molecule has 1 unspecified atom stereocenters. The molecule has 1 aliphatic rings. The predicted molar refractivity (Wildman–Crippen MR) is 75.0 cm³/mol. The fourth-order valence-corrected chi connectivity index (χ4v) is 2.27. The van der Waals surface area contributed by atoms with Crippen molar-refractivity contribution in [1.29, 1.82) is 0 Å². The molecule has 1 N–H and O–H groups in total. The minimum atomic E-state index is 0.651. The Labute approximate surface area is 118 Å². The van der Waals surface area contributed by atoms with Crippen LogP contribution in [0.5, 0.6) is 0 Å². The quantitative estimate of drug-likeness (QED) is 0.794. The summed E-state index contributed by atoms with van der Waals surface area (Å²) in [6.45, 7) is 4.36. The number of hydrogen-bond donors (Lipinski definition) is 1. The highest BCUT2D eigenvalue weighted by atomic mass is 16.5. The second-order valence-corrected chi connectivity index (χ2v) is 5.01. The molecule has 1 aromatic carbocycles. The topological polar surface area (TPSA) is 64.9 Å². The molecule has 1 saturated heterocycles. The van der Waals surface area contributed by atoms with Crippen LogP contribution in [0.4, 0.5) is 0 Å². The lowest BCUT2D eigenvalue weighted by molar-refractivity contribution is 0.185. The highest BCUT2D eigenvalue weighted by molar-refractivity contribution is 5.52. The van der Waals surface area contributed by atoms with Crippen LogP contribution >= 0.6 is 0 Å². The van der Waals surface area contributed by atoms with Crippen molar-refractivity contribution in [2.45, 2.75) is 13.0 Å². The van der Waals surface area contributed by atoms with Crippen molar-refractivity contribution >= 4 is 0 Å². The molecule has 1 fully saturated rings. The molecule has 1 aliphatic heterocycles. The van der Waals surface area contributed by atoms with Crippen molar-refractivity contribution in [3.63, 3.8) is 0 Å². The van der Waals surface area contributed by atoms with Crippen LogP contribution in [0.25, 0.3) is 11.4 Å². The summed E-state index contributed by atoms with van der Waals surface area (Å²) in [5.41, 5.74) is 0.995. The molecule has 0 amide bonds. The zero-order valence-corrected chi connectivity index (χ0v) is 11.4. The van der Waals surface area contributed by atoms with Gasteiger partial charge in [0.15, 0.2) is 0 Å². The van der Waals surface area contributed by atoms with Gasteiger partial charge in [-0.3, -0.25) is 0 Å². The molecule has 0 saturated carbocycles. The number of benzene rings is 1. The van der Waals surface area contributed by atoms with Crippen LogP contribution in [0.3, 0.4) is 0 Å². The Morgan fingerprint density at radius 3 is 3.00 bits per heavy atom. The molecule has 0 bridgehead atoms. The van der Waals surface area contributed by atoms with Crippen LogP contribution in [0.2, 0.25) is 0 Å². The fourth-order valence-electron chi connectivity index (χ4n) is 2.27. The molecule has 1 atom stereocenters. The van der Waals surface area contributed by atoms with Crippen LogP contribution in [0.1, 0.15) is 6.42 Å². The number of ether oxygens (including phenoxy) is 1. The largest absolute Gasteiger partial charge is 0.381 e. The van der Waals surface area contributed by atoms with Crippen LogP contribution in [-0.2, 0) is 11.3 Å². The van der Waals surface area contributed by atoms with Gasteiger partial charge in [0.25, 0.3) is 0 Å². The number of rotatable bonds is 6. The molecule has 2 heterocycles. The Hall–Kier alpha value is -1.79. The first kappa shape index (κ1) is 13.2. The summed E-state index contributed by atoms with van der Waals surface area (Å²) < 4.78 is 5.34. The van der Waals surface area contributed by atoms with Crippen LogP contribution in [0.15, 0.2) is 30.3 Å². The molecular formula is C14H19N5O. The first-order valence-corrected chi connectivity index (χ1v) is 7.03. The van der Waals surface area contributed by atoms with Gasteiger partial charge in [-0.25, -0.2) is 0 Å². The summed E-state index contributed by atoms with van der Waals surface area (Å²) in [6.07, 6.45) is 1.16. The van der Waals surface area contributed by atoms with Crippen molar-refractivity contribution in [3.05, 3.63) is 30.3 Å². The lowest BCUT2D eigenvalue weighted by Gasteiger charge is -2.08. The van der Waals surface area contributed by atoms with Gasteiger partial charge in [-0.1, -0.05) is 30.3 Å². The average Bonchev–Trinajstić information content (AvgIpc) is 3.16. The summed E-state index contributed by atoms with van der Waals surface area (Å²) in [6, 6.07) is 9.90. The maximum absolute atomic E-state index is 5.34. The molecule has 0 spiro atoms. The zero-order chi connectivity index (χ0) is 13.6. The van der Waals surface area contributed by atoms with E-state index in [4.69, 9.17) is 4.74 Å². The fraction of sp³-hybridized carbons (Fsp3) is 0.500. The second-order valence-electron chi connectivity index (χ2n) is 5.01. The Kier molecular flexibility index (Phi) is 4.35. The first-order chi connectivity index (χ1) is 9.92. The molecule has 6 nitrogen and oxygen atoms in total. The maximum Gasteiger partial charge on any atom is 0.204 e. The second kappa shape index (κ2) is 6.58. The number of aromatic nitrogens is 4. The smallest absolute Gasteiger partial charge is 0.204 e. The first-order valence-electron chi connectivity index (χ1n) is 7.03. The highest BCUT2D eigenvalue weighted by Crippen LogP contribution is 2.12. The average molecular weight is 273 g/mol. The molecule has 2 aromatic rings. The van der Waals surface area contributed by atoms with Crippen LogP contribution < -0.4 is 5.32 Å². The Morgan fingerprint density at radius 2 is 2.20 bits per heavy atom. The van der Waals surface area contributed by atoms with Gasteiger partial charge in [0.2, 0.25) is 5.82 Å². The summed E-state index contributed by atoms with van der Waals surface area (Å²) in [4.78, 5) is 1.64. The summed E-state index contributed by atoms with van der Waals surface area (Å²) in [5, 5.41) is 15.9. The Bertz CT molecular complexity index is 521. The molecule has 6 heteroatoms. The summed E-state index contributed by atoms with van der Waals surface area (Å²) >= 11 is 0. The van der Waals surface area contributed by atoms with E-state index >= 15 is 0 Å². The van der Waals surface area contributed by atoms with E-state index in [1.807, 2.05) is 30.3 Å². The minimum Gasteiger partial charge on any atom is -0.381 e. The SMILES string of the molecule is c1ccc(-c2nnn(CCNCC3CCOC3)n2)cc1. The van der Waals surface area contributed by atoms with Gasteiger partial charge in [0.05, 0.1) is 13.2 Å². The van der Waals surface area contributed by atoms with Crippen molar-refractivity contribution in [2.24, 2.45) is 5.92 Å². The molecule has 0 aliphatic carbocycles. The molecule has 3 rings (SSSR count). The van der Waals surface area contributed by atoms with Gasteiger partial charge in [-0.05, 0) is 17.6 Å². The Balaban J connectivity index is 1.45. The third-order valence-corrected chi connectivity index (χ3v) is 3.43. The molecule has 1 aromatic heterocycles. The number of tetrazole rings is 1. The van der Waals surface area contributed by atoms with Crippen molar-refractivity contribution in [2.75, 3.05) is 26.3 Å². The monoisotopic (exact) mass is 273 g/mol. The van der Waals surface area contributed by atoms with Crippen molar-refractivity contribution < 1.29 is 4.74 Å². The third-order valence-electron chi connectivity index (χ3n) is 3.43. The van der Waals surface area contributed by atoms with E-state index in [1.165, 1.54) is 0 Å². The lowest BCUT2D eigenvalue weighted by atomic mass is 10.1. The molecule has 106 valence electrons. The van der Waals surface area contributed by atoms with E-state index in [9.17, 15) is 0 Å². The van der Waals surface area contributed by atoms with Gasteiger partial charge < -0.3 is 10.1 Å². The predicted octanol–water partition coefficient (Wildman–Crippen LogP) is 0.966. The van der Waals surface area contributed by atoms with E-state index in [-0.39, 0.29) is 0 Å². The van der Waals surface area contributed by atoms with Gasteiger partial charge in [-0.15, -0.1) is 10.2 Å². The third kappa shape index (κ3) is 3.40. The minimum absolute atomic E-state index is 0.651. The molecule has 20 heavy (non-hydrogen) atoms. The van der Waals surface area contributed by atoms with Gasteiger partial charge in [0, 0.05) is 25.3 Å². The van der Waals surface area contributed by atoms with E-state index in [1.54, 1.807) is 4.80 Å². The number of nitrogens with zero attached hydrogens (tertiary/aromatic N) is 4. The van der Waals surface area contributed by atoms with Gasteiger partial charge >= 0.3 is 0 Å². The lowest BCUT2D eigenvalue weighted by Crippen LogP contribution is -2.27. The van der Waals surface area contributed by atoms with Crippen molar-refractivity contribution in [1.82, 2.24) is 25.5 Å². The molecular weight excluding hydrogens is 254 g/mol. The molecule has 0 radical (unpaired) electrons. The van der Waals surface area contributed by atoms with Gasteiger partial charge in [-0.2, -0.15) is 4.80 Å². The van der Waals surface area contributed by atoms with Crippen molar-refractivity contribution in [3.8, 4) is 11.4 Å². The zero-order valence-electron chi connectivity index (χ0n) is 11.4. The number of hydrogen-bond acceptors (Lipinski definition) is 5. The highest BCUT2D eigenvalue weighted by Gasteiger charge is 2.14. The van der Waals surface area contributed by atoms with E-state index in [0.29, 0.717) is 11.7 Å². The van der Waals surface area contributed by atoms with Crippen LogP contribution in [-0.4, -0.2) is 46.5 Å². The maximum atomic E-state index is 5.34. The normalized spacial score (nSPS) is 18.5. The van der Waals surface area contributed by atoms with E-state index in [0.717, 1.165) is 44.8 Å². The Morgan fingerprint density at radius 1 is 1.30 bits per heavy atom. The van der Waals surface area contributed by atoms with E-state index < -0.39 is 0 Å². The standard InChI is InChI=1S/C14H19N5O/c1-2-4-13(5-3-1)14-16-18-19(17-14)8-7-15-10-12-6-9-20-11-12/h1-5,12,15H,6-11H2.